The summed E-state index contributed by atoms with van der Waals surface area (Å²) in [7, 11) is 1.06. The summed E-state index contributed by atoms with van der Waals surface area (Å²) in [4.78, 5) is 82.3. The molecule has 64 heavy (non-hydrogen) atoms. The third kappa shape index (κ3) is 13.5. The van der Waals surface area contributed by atoms with Crippen LogP contribution >= 0.6 is 0 Å². The summed E-state index contributed by atoms with van der Waals surface area (Å²) < 4.78 is 52.1. The second kappa shape index (κ2) is 24.6. The van der Waals surface area contributed by atoms with Crippen LogP contribution in [0.25, 0.3) is 0 Å². The van der Waals surface area contributed by atoms with Crippen LogP contribution in [0.5, 0.6) is 0 Å². The Morgan fingerprint density at radius 2 is 1.22 bits per heavy atom. The van der Waals surface area contributed by atoms with Gasteiger partial charge in [-0.2, -0.15) is 0 Å². The lowest BCUT2D eigenvalue weighted by Crippen LogP contribution is -2.70. The van der Waals surface area contributed by atoms with Gasteiger partial charge < -0.3 is 53.7 Å². The highest BCUT2D eigenvalue weighted by Crippen LogP contribution is 2.37. The summed E-state index contributed by atoms with van der Waals surface area (Å²) in [5, 5.41) is 2.68. The zero-order valence-corrected chi connectivity index (χ0v) is 34.9. The average molecular weight is 881 g/mol. The number of nitrogens with one attached hydrogen (secondary N) is 1. The number of esters is 5. The van der Waals surface area contributed by atoms with Crippen molar-refractivity contribution in [1.82, 2.24) is 5.32 Å². The van der Waals surface area contributed by atoms with E-state index in [-0.39, 0.29) is 55.3 Å². The first-order chi connectivity index (χ1) is 31.1. The summed E-state index contributed by atoms with van der Waals surface area (Å²) in [6.07, 6.45) is -2.20. The summed E-state index contributed by atoms with van der Waals surface area (Å²) in [6, 6.07) is 29.7. The zero-order valence-electron chi connectivity index (χ0n) is 34.9. The van der Waals surface area contributed by atoms with Crippen molar-refractivity contribution in [3.63, 3.8) is 0 Å². The van der Waals surface area contributed by atoms with E-state index in [0.29, 0.717) is 0 Å². The summed E-state index contributed by atoms with van der Waals surface area (Å²) in [5.74, 6) is -5.78. The maximum Gasteiger partial charge on any atom is 0.366 e. The highest BCUT2D eigenvalue weighted by molar-refractivity contribution is 5.92. The Labute approximate surface area is 369 Å². The predicted octanol–water partition coefficient (Wildman–Crippen LogP) is 3.30. The van der Waals surface area contributed by atoms with E-state index in [1.54, 1.807) is 72.8 Å². The van der Waals surface area contributed by atoms with Crippen molar-refractivity contribution in [3.8, 4) is 12.3 Å². The molecule has 17 heteroatoms. The lowest BCUT2D eigenvalue weighted by molar-refractivity contribution is -0.312. The number of hydrogen-bond donors (Lipinski definition) is 2. The number of nitrogens with two attached hydrogens (primary N) is 1. The third-order valence-electron chi connectivity index (χ3n) is 9.55. The fraction of sp³-hybridized carbons (Fsp3) is 0.319. The van der Waals surface area contributed by atoms with Crippen LogP contribution < -0.4 is 11.1 Å². The van der Waals surface area contributed by atoms with Gasteiger partial charge in [-0.05, 0) is 48.5 Å². The van der Waals surface area contributed by atoms with Crippen molar-refractivity contribution >= 4 is 35.8 Å². The van der Waals surface area contributed by atoms with E-state index in [9.17, 15) is 28.8 Å². The van der Waals surface area contributed by atoms with Gasteiger partial charge in [-0.3, -0.25) is 4.79 Å². The van der Waals surface area contributed by atoms with Crippen molar-refractivity contribution in [2.45, 2.75) is 42.7 Å². The molecule has 0 aliphatic carbocycles. The number of methoxy groups -OCH3 is 1. The minimum atomic E-state index is -2.48. The molecule has 1 heterocycles. The largest absolute Gasteiger partial charge is 0.465 e. The van der Waals surface area contributed by atoms with E-state index < -0.39 is 91.6 Å². The van der Waals surface area contributed by atoms with Crippen LogP contribution in [-0.4, -0.2) is 125 Å². The van der Waals surface area contributed by atoms with Gasteiger partial charge in [-0.1, -0.05) is 78.7 Å². The molecule has 0 radical (unpaired) electrons. The van der Waals surface area contributed by atoms with Gasteiger partial charge in [0.15, 0.2) is 18.8 Å². The molecule has 1 amide bonds. The summed E-state index contributed by atoms with van der Waals surface area (Å²) in [5.41, 5.74) is 6.69. The molecular formula is C47H48N2O15. The molecule has 0 spiro atoms. The van der Waals surface area contributed by atoms with Gasteiger partial charge in [0.05, 0.1) is 68.3 Å². The number of benzene rings is 4. The number of terminal acetylenes is 1. The summed E-state index contributed by atoms with van der Waals surface area (Å²) in [6.45, 7) is -1.51. The van der Waals surface area contributed by atoms with Crippen LogP contribution in [0.2, 0.25) is 0 Å². The molecule has 0 bridgehead atoms. The molecule has 6 atom stereocenters. The van der Waals surface area contributed by atoms with E-state index in [1.807, 2.05) is 0 Å². The number of rotatable bonds is 22. The van der Waals surface area contributed by atoms with E-state index in [1.165, 1.54) is 48.5 Å². The van der Waals surface area contributed by atoms with E-state index >= 15 is 0 Å². The molecule has 0 aromatic heterocycles. The number of amides is 1. The smallest absolute Gasteiger partial charge is 0.366 e. The number of carbonyl (C=O) groups excluding carboxylic acids is 6. The number of hydrogen-bond acceptors (Lipinski definition) is 16. The van der Waals surface area contributed by atoms with Gasteiger partial charge in [-0.25, -0.2) is 24.0 Å². The lowest BCUT2D eigenvalue weighted by atomic mass is 9.87. The Balaban J connectivity index is 1.60. The molecule has 0 saturated carbocycles. The van der Waals surface area contributed by atoms with Gasteiger partial charge in [0, 0.05) is 6.54 Å². The zero-order chi connectivity index (χ0) is 45.7. The van der Waals surface area contributed by atoms with Gasteiger partial charge in [0.1, 0.15) is 18.8 Å². The van der Waals surface area contributed by atoms with E-state index in [4.69, 9.17) is 54.8 Å². The van der Waals surface area contributed by atoms with Crippen molar-refractivity contribution in [1.29, 1.82) is 0 Å². The topological polar surface area (TPSA) is 224 Å². The second-order valence-corrected chi connectivity index (χ2v) is 13.9. The lowest BCUT2D eigenvalue weighted by Gasteiger charge is -2.48. The normalized spacial score (nSPS) is 18.8. The molecule has 336 valence electrons. The van der Waals surface area contributed by atoms with Crippen LogP contribution in [0.15, 0.2) is 121 Å². The minimum absolute atomic E-state index is 0.0489. The second-order valence-electron chi connectivity index (χ2n) is 13.9. The van der Waals surface area contributed by atoms with Crippen LogP contribution in [-0.2, 0) is 52.2 Å². The molecule has 1 aliphatic rings. The fourth-order valence-corrected chi connectivity index (χ4v) is 6.51. The molecule has 0 unspecified atom stereocenters. The Hall–Kier alpha value is -6.94. The van der Waals surface area contributed by atoms with Crippen LogP contribution in [0.3, 0.4) is 0 Å². The first-order valence-corrected chi connectivity index (χ1v) is 20.1. The average Bonchev–Trinajstić information content (AvgIpc) is 3.33. The molecule has 3 N–H and O–H groups in total. The molecule has 1 saturated heterocycles. The molecule has 4 aromatic rings. The molecule has 1 aliphatic heterocycles. The van der Waals surface area contributed by atoms with E-state index in [0.717, 1.165) is 7.11 Å². The maximum atomic E-state index is 14.0. The number of carbonyl (C=O) groups is 6. The first kappa shape index (κ1) is 48.1. The molecule has 4 aromatic carbocycles. The van der Waals surface area contributed by atoms with Crippen molar-refractivity contribution < 1.29 is 71.4 Å². The molecular weight excluding hydrogens is 833 g/mol. The number of ether oxygens (including phenoxy) is 9. The Bertz CT molecular complexity index is 2190. The molecule has 5 rings (SSSR count). The summed E-state index contributed by atoms with van der Waals surface area (Å²) >= 11 is 0. The van der Waals surface area contributed by atoms with E-state index in [2.05, 4.69) is 11.2 Å². The highest BCUT2D eigenvalue weighted by atomic mass is 16.7. The highest BCUT2D eigenvalue weighted by Gasteiger charge is 2.59. The maximum absolute atomic E-state index is 14.0. The van der Waals surface area contributed by atoms with Crippen LogP contribution in [0, 0.1) is 12.3 Å². The minimum Gasteiger partial charge on any atom is -0.465 e. The Morgan fingerprint density at radius 1 is 0.719 bits per heavy atom. The van der Waals surface area contributed by atoms with Crippen LogP contribution in [0.1, 0.15) is 47.9 Å². The van der Waals surface area contributed by atoms with Crippen molar-refractivity contribution in [2.75, 3.05) is 53.3 Å². The van der Waals surface area contributed by atoms with Crippen molar-refractivity contribution in [2.24, 2.45) is 5.73 Å². The van der Waals surface area contributed by atoms with Gasteiger partial charge in [0.2, 0.25) is 0 Å². The monoisotopic (exact) mass is 880 g/mol. The predicted molar refractivity (Wildman–Crippen MR) is 225 cm³/mol. The van der Waals surface area contributed by atoms with Gasteiger partial charge in [-0.15, -0.1) is 6.42 Å². The molecule has 17 nitrogen and oxygen atoms in total. The van der Waals surface area contributed by atoms with Crippen molar-refractivity contribution in [3.05, 3.63) is 144 Å². The standard InChI is InChI=1S/C47H48N2O15/c1-3-24-57-25-26-58-27-28-60-47(46(55)56-2)29-36(61-43(52)33-18-10-5-11-19-33)39(49-38(50)31-59-42(51)32-16-8-4-9-17-32)41(64-47)40(63-45(54)35-22-14-7-15-23-35)37(30-48)62-44(53)34-20-12-6-13-21-34/h1,4-23,36-37,39-41H,24-31,48H2,2H3,(H,49,50)/t36-,37+,39+,40+,41+,47+/m0/s1. The fourth-order valence-electron chi connectivity index (χ4n) is 6.51. The van der Waals surface area contributed by atoms with Gasteiger partial charge in [0.25, 0.3) is 11.7 Å². The van der Waals surface area contributed by atoms with Gasteiger partial charge >= 0.3 is 29.8 Å². The van der Waals surface area contributed by atoms with Crippen LogP contribution in [0.4, 0.5) is 0 Å². The Kier molecular flexibility index (Phi) is 18.5. The molecule has 1 fully saturated rings. The first-order valence-electron chi connectivity index (χ1n) is 20.1. The quantitative estimate of drug-likeness (QED) is 0.0500. The SMILES string of the molecule is C#CCOCCOCCO[C@]1(C(=O)OC)C[C@H](OC(=O)c2ccccc2)[C@@H](NC(=O)COC(=O)c2ccccc2)[C@H]([C@H](OC(=O)c2ccccc2)[C@@H](CN)OC(=O)c2ccccc2)O1. The third-order valence-corrected chi connectivity index (χ3v) is 9.55. The Morgan fingerprint density at radius 3 is 1.75 bits per heavy atom.